The van der Waals surface area contributed by atoms with Gasteiger partial charge >= 0.3 is 0 Å². The van der Waals surface area contributed by atoms with Crippen LogP contribution in [-0.2, 0) is 0 Å². The number of hydrogen-bond acceptors (Lipinski definition) is 5. The zero-order valence-corrected chi connectivity index (χ0v) is 20.1. The van der Waals surface area contributed by atoms with Gasteiger partial charge in [0.15, 0.2) is 5.11 Å². The lowest BCUT2D eigenvalue weighted by Gasteiger charge is -2.14. The normalized spacial score (nSPS) is 10.3. The van der Waals surface area contributed by atoms with E-state index in [-0.39, 0.29) is 11.0 Å². The standard InChI is InChI=1S/C26H26N4O4S/c1-17(2)16-34-22-11-7-6-10-21(22)25(33)28-26(35)30-29-24(32)19-12-14-20(15-13-19)27-23(31)18-8-4-3-5-9-18/h3-15,17H,16H2,1-2H3,(H,27,31)(H,29,32)(H2,28,30,33,35). The SMILES string of the molecule is CC(C)COc1ccccc1C(=O)NC(=S)NNC(=O)c1ccc(NC(=O)c2ccccc2)cc1. The summed E-state index contributed by atoms with van der Waals surface area (Å²) in [4.78, 5) is 37.2. The molecule has 0 aliphatic heterocycles. The van der Waals surface area contributed by atoms with Crippen molar-refractivity contribution in [3.8, 4) is 5.75 Å². The largest absolute Gasteiger partial charge is 0.492 e. The lowest BCUT2D eigenvalue weighted by molar-refractivity contribution is 0.0933. The van der Waals surface area contributed by atoms with Gasteiger partial charge < -0.3 is 10.1 Å². The molecule has 9 heteroatoms. The monoisotopic (exact) mass is 490 g/mol. The number of ether oxygens (including phenoxy) is 1. The molecule has 0 unspecified atom stereocenters. The van der Waals surface area contributed by atoms with Gasteiger partial charge in [0.05, 0.1) is 12.2 Å². The molecule has 3 aromatic carbocycles. The van der Waals surface area contributed by atoms with Gasteiger partial charge in [-0.25, -0.2) is 0 Å². The molecule has 0 saturated heterocycles. The zero-order valence-electron chi connectivity index (χ0n) is 19.3. The number of thiocarbonyl (C=S) groups is 1. The zero-order chi connectivity index (χ0) is 25.2. The molecule has 0 bridgehead atoms. The summed E-state index contributed by atoms with van der Waals surface area (Å²) in [6.45, 7) is 4.50. The summed E-state index contributed by atoms with van der Waals surface area (Å²) in [5.41, 5.74) is 6.68. The lowest BCUT2D eigenvalue weighted by atomic mass is 10.1. The van der Waals surface area contributed by atoms with Gasteiger partial charge in [-0.15, -0.1) is 0 Å². The Bertz CT molecular complexity index is 1200. The van der Waals surface area contributed by atoms with Crippen LogP contribution in [0.2, 0.25) is 0 Å². The molecule has 35 heavy (non-hydrogen) atoms. The van der Waals surface area contributed by atoms with E-state index < -0.39 is 11.8 Å². The van der Waals surface area contributed by atoms with E-state index >= 15 is 0 Å². The van der Waals surface area contributed by atoms with Gasteiger partial charge in [0, 0.05) is 16.8 Å². The average molecular weight is 491 g/mol. The summed E-state index contributed by atoms with van der Waals surface area (Å²) >= 11 is 5.12. The fourth-order valence-electron chi connectivity index (χ4n) is 2.92. The van der Waals surface area contributed by atoms with E-state index in [9.17, 15) is 14.4 Å². The van der Waals surface area contributed by atoms with Crippen molar-refractivity contribution in [1.82, 2.24) is 16.2 Å². The van der Waals surface area contributed by atoms with E-state index in [0.29, 0.717) is 40.7 Å². The van der Waals surface area contributed by atoms with E-state index in [2.05, 4.69) is 21.5 Å². The van der Waals surface area contributed by atoms with Crippen LogP contribution in [0, 0.1) is 5.92 Å². The van der Waals surface area contributed by atoms with Crippen LogP contribution < -0.4 is 26.2 Å². The first-order valence-corrected chi connectivity index (χ1v) is 11.3. The third-order valence-electron chi connectivity index (χ3n) is 4.66. The average Bonchev–Trinajstić information content (AvgIpc) is 2.87. The number of carbonyl (C=O) groups excluding carboxylic acids is 3. The molecular weight excluding hydrogens is 464 g/mol. The number of amides is 3. The molecular formula is C26H26N4O4S. The fourth-order valence-corrected chi connectivity index (χ4v) is 3.07. The van der Waals surface area contributed by atoms with Crippen LogP contribution in [0.4, 0.5) is 5.69 Å². The fraction of sp³-hybridized carbons (Fsp3) is 0.154. The molecule has 3 amide bonds. The van der Waals surface area contributed by atoms with Crippen LogP contribution in [0.5, 0.6) is 5.75 Å². The summed E-state index contributed by atoms with van der Waals surface area (Å²) in [6, 6.07) is 22.0. The summed E-state index contributed by atoms with van der Waals surface area (Å²) in [5.74, 6) is -0.428. The van der Waals surface area contributed by atoms with Crippen LogP contribution in [-0.4, -0.2) is 29.4 Å². The number of rotatable bonds is 7. The minimum absolute atomic E-state index is 0.0752. The molecule has 4 N–H and O–H groups in total. The van der Waals surface area contributed by atoms with Crippen molar-refractivity contribution < 1.29 is 19.1 Å². The Morgan fingerprint density at radius 2 is 1.40 bits per heavy atom. The maximum atomic E-state index is 12.6. The molecule has 0 heterocycles. The predicted molar refractivity (Wildman–Crippen MR) is 138 cm³/mol. The maximum Gasteiger partial charge on any atom is 0.269 e. The van der Waals surface area contributed by atoms with E-state index in [1.165, 1.54) is 0 Å². The molecule has 180 valence electrons. The smallest absolute Gasteiger partial charge is 0.269 e. The van der Waals surface area contributed by atoms with Crippen molar-refractivity contribution in [3.63, 3.8) is 0 Å². The number of anilines is 1. The highest BCUT2D eigenvalue weighted by Gasteiger charge is 2.15. The molecule has 3 rings (SSSR count). The minimum Gasteiger partial charge on any atom is -0.492 e. The molecule has 8 nitrogen and oxygen atoms in total. The van der Waals surface area contributed by atoms with Gasteiger partial charge in [-0.1, -0.05) is 44.2 Å². The Hall–Kier alpha value is -4.24. The van der Waals surface area contributed by atoms with Crippen LogP contribution in [0.25, 0.3) is 0 Å². The number of para-hydroxylation sites is 1. The Morgan fingerprint density at radius 3 is 2.09 bits per heavy atom. The quantitative estimate of drug-likeness (QED) is 0.295. The van der Waals surface area contributed by atoms with Crippen molar-refractivity contribution in [1.29, 1.82) is 0 Å². The summed E-state index contributed by atoms with van der Waals surface area (Å²) in [5, 5.41) is 5.21. The number of hydrazine groups is 1. The molecule has 0 aromatic heterocycles. The second-order valence-electron chi connectivity index (χ2n) is 7.96. The Morgan fingerprint density at radius 1 is 0.771 bits per heavy atom. The molecule has 0 fully saturated rings. The van der Waals surface area contributed by atoms with E-state index in [1.807, 2.05) is 19.9 Å². The van der Waals surface area contributed by atoms with Gasteiger partial charge in [-0.2, -0.15) is 0 Å². The summed E-state index contributed by atoms with van der Waals surface area (Å²) in [7, 11) is 0. The van der Waals surface area contributed by atoms with Gasteiger partial charge in [-0.3, -0.25) is 30.6 Å². The summed E-state index contributed by atoms with van der Waals surface area (Å²) in [6.07, 6.45) is 0. The number of nitrogens with one attached hydrogen (secondary N) is 4. The predicted octanol–water partition coefficient (Wildman–Crippen LogP) is 3.92. The van der Waals surface area contributed by atoms with E-state index in [1.54, 1.807) is 72.8 Å². The van der Waals surface area contributed by atoms with Crippen LogP contribution in [0.1, 0.15) is 44.9 Å². The third-order valence-corrected chi connectivity index (χ3v) is 4.87. The lowest BCUT2D eigenvalue weighted by Crippen LogP contribution is -2.48. The summed E-state index contributed by atoms with van der Waals surface area (Å²) < 4.78 is 5.70. The molecule has 0 aliphatic rings. The highest BCUT2D eigenvalue weighted by atomic mass is 32.1. The topological polar surface area (TPSA) is 109 Å². The second-order valence-corrected chi connectivity index (χ2v) is 8.37. The van der Waals surface area contributed by atoms with E-state index in [4.69, 9.17) is 17.0 Å². The Balaban J connectivity index is 1.50. The minimum atomic E-state index is -0.469. The number of carbonyl (C=O) groups is 3. The maximum absolute atomic E-state index is 12.6. The highest BCUT2D eigenvalue weighted by Crippen LogP contribution is 2.18. The van der Waals surface area contributed by atoms with Crippen molar-refractivity contribution in [3.05, 3.63) is 95.6 Å². The van der Waals surface area contributed by atoms with Crippen molar-refractivity contribution in [2.75, 3.05) is 11.9 Å². The Labute approximate surface area is 209 Å². The van der Waals surface area contributed by atoms with Crippen LogP contribution in [0.3, 0.4) is 0 Å². The molecule has 0 saturated carbocycles. The van der Waals surface area contributed by atoms with Gasteiger partial charge in [0.25, 0.3) is 17.7 Å². The number of benzene rings is 3. The third kappa shape index (κ3) is 7.65. The molecule has 0 atom stereocenters. The molecule has 0 spiro atoms. The van der Waals surface area contributed by atoms with E-state index in [0.717, 1.165) is 0 Å². The van der Waals surface area contributed by atoms with Crippen LogP contribution >= 0.6 is 12.2 Å². The van der Waals surface area contributed by atoms with Gasteiger partial charge in [-0.05, 0) is 66.7 Å². The highest BCUT2D eigenvalue weighted by molar-refractivity contribution is 7.80. The van der Waals surface area contributed by atoms with Crippen LogP contribution in [0.15, 0.2) is 78.9 Å². The van der Waals surface area contributed by atoms with Gasteiger partial charge in [0.2, 0.25) is 0 Å². The van der Waals surface area contributed by atoms with Crippen molar-refractivity contribution in [2.24, 2.45) is 5.92 Å². The second kappa shape index (κ2) is 12.3. The molecule has 0 radical (unpaired) electrons. The Kier molecular flexibility index (Phi) is 8.91. The molecule has 3 aromatic rings. The van der Waals surface area contributed by atoms with Crippen molar-refractivity contribution in [2.45, 2.75) is 13.8 Å². The first-order chi connectivity index (χ1) is 16.8. The first-order valence-electron chi connectivity index (χ1n) is 10.9. The molecule has 0 aliphatic carbocycles. The number of hydrogen-bond donors (Lipinski definition) is 4. The van der Waals surface area contributed by atoms with Crippen molar-refractivity contribution >= 4 is 40.7 Å². The first kappa shape index (κ1) is 25.4. The van der Waals surface area contributed by atoms with Gasteiger partial charge in [0.1, 0.15) is 5.75 Å².